The molecule has 0 bridgehead atoms. The monoisotopic (exact) mass is 434 g/mol. The minimum Gasteiger partial charge on any atom is -0.326 e. The number of nitrogens with one attached hydrogen (secondary N) is 2. The van der Waals surface area contributed by atoms with E-state index in [0.29, 0.717) is 13.0 Å². The summed E-state index contributed by atoms with van der Waals surface area (Å²) in [5.74, 6) is -1.80. The molecule has 31 heavy (non-hydrogen) atoms. The van der Waals surface area contributed by atoms with Crippen molar-refractivity contribution in [1.29, 1.82) is 0 Å². The van der Waals surface area contributed by atoms with Gasteiger partial charge in [0.2, 0.25) is 5.91 Å². The Morgan fingerprint density at radius 3 is 2.42 bits per heavy atom. The Bertz CT molecular complexity index is 1050. The number of halogens is 4. The van der Waals surface area contributed by atoms with Crippen molar-refractivity contribution in [3.63, 3.8) is 0 Å². The second-order valence-corrected chi connectivity index (χ2v) is 6.64. The quantitative estimate of drug-likeness (QED) is 0.529. The van der Waals surface area contributed by atoms with Gasteiger partial charge in [0.15, 0.2) is 0 Å². The lowest BCUT2D eigenvalue weighted by Gasteiger charge is -2.16. The summed E-state index contributed by atoms with van der Waals surface area (Å²) < 4.78 is 55.1. The molecule has 0 radical (unpaired) electrons. The minimum atomic E-state index is -4.76. The van der Waals surface area contributed by atoms with Gasteiger partial charge in [0.05, 0.1) is 11.3 Å². The van der Waals surface area contributed by atoms with Crippen molar-refractivity contribution in [2.75, 3.05) is 10.6 Å². The van der Waals surface area contributed by atoms with Crippen molar-refractivity contribution in [2.45, 2.75) is 25.6 Å². The average molecular weight is 434 g/mol. The highest BCUT2D eigenvalue weighted by Crippen LogP contribution is 2.36. The van der Waals surface area contributed by atoms with E-state index in [2.05, 4.69) is 15.7 Å². The summed E-state index contributed by atoms with van der Waals surface area (Å²) in [5, 5.41) is 8.60. The van der Waals surface area contributed by atoms with Crippen LogP contribution >= 0.6 is 0 Å². The van der Waals surface area contributed by atoms with E-state index in [1.807, 2.05) is 0 Å². The summed E-state index contributed by atoms with van der Waals surface area (Å²) in [6.07, 6.45) is -1.03. The molecule has 0 aliphatic rings. The van der Waals surface area contributed by atoms with E-state index in [-0.39, 0.29) is 17.7 Å². The number of hydrogen-bond acceptors (Lipinski definition) is 3. The Morgan fingerprint density at radius 1 is 1.03 bits per heavy atom. The second-order valence-electron chi connectivity index (χ2n) is 6.64. The molecule has 162 valence electrons. The van der Waals surface area contributed by atoms with Gasteiger partial charge in [-0.15, -0.1) is 0 Å². The number of benzene rings is 2. The van der Waals surface area contributed by atoms with E-state index in [0.717, 1.165) is 24.3 Å². The molecule has 1 aromatic heterocycles. The fourth-order valence-corrected chi connectivity index (χ4v) is 2.82. The van der Waals surface area contributed by atoms with E-state index >= 15 is 0 Å². The molecule has 1 heterocycles. The maximum Gasteiger partial charge on any atom is 0.418 e. The third kappa shape index (κ3) is 6.14. The smallest absolute Gasteiger partial charge is 0.326 e. The van der Waals surface area contributed by atoms with E-state index < -0.39 is 35.1 Å². The number of carbonyl (C=O) groups is 2. The van der Waals surface area contributed by atoms with Gasteiger partial charge in [0, 0.05) is 36.6 Å². The van der Waals surface area contributed by atoms with Crippen LogP contribution in [0.3, 0.4) is 0 Å². The summed E-state index contributed by atoms with van der Waals surface area (Å²) in [6.45, 7) is 0.459. The van der Waals surface area contributed by atoms with Gasteiger partial charge in [-0.1, -0.05) is 0 Å². The van der Waals surface area contributed by atoms with E-state index in [9.17, 15) is 27.2 Å². The van der Waals surface area contributed by atoms with E-state index in [1.165, 1.54) is 18.2 Å². The molecule has 10 heteroatoms. The molecule has 0 saturated carbocycles. The molecule has 2 aromatic carbocycles. The van der Waals surface area contributed by atoms with Crippen LogP contribution in [0.25, 0.3) is 0 Å². The lowest BCUT2D eigenvalue weighted by molar-refractivity contribution is -0.136. The maximum atomic E-state index is 13.5. The predicted molar refractivity (Wildman–Crippen MR) is 106 cm³/mol. The molecule has 0 atom stereocenters. The van der Waals surface area contributed by atoms with Crippen LogP contribution < -0.4 is 10.6 Å². The highest BCUT2D eigenvalue weighted by molar-refractivity contribution is 6.04. The first-order valence-electron chi connectivity index (χ1n) is 9.28. The molecule has 3 rings (SSSR count). The molecule has 3 aromatic rings. The van der Waals surface area contributed by atoms with Gasteiger partial charge >= 0.3 is 6.18 Å². The number of hydrogen-bond donors (Lipinski definition) is 2. The number of carbonyl (C=O) groups excluding carboxylic acids is 2. The van der Waals surface area contributed by atoms with Crippen molar-refractivity contribution in [2.24, 2.45) is 0 Å². The van der Waals surface area contributed by atoms with E-state index in [1.54, 1.807) is 23.1 Å². The Kier molecular flexibility index (Phi) is 6.68. The first kappa shape index (κ1) is 22.0. The number of rotatable bonds is 7. The zero-order valence-corrected chi connectivity index (χ0v) is 16.1. The summed E-state index contributed by atoms with van der Waals surface area (Å²) in [7, 11) is 0. The molecule has 2 amide bonds. The average Bonchev–Trinajstić information content (AvgIpc) is 3.22. The summed E-state index contributed by atoms with van der Waals surface area (Å²) in [5.41, 5.74) is -1.52. The Hall–Kier alpha value is -3.69. The normalized spacial score (nSPS) is 11.2. The fourth-order valence-electron chi connectivity index (χ4n) is 2.82. The SMILES string of the molecule is O=C(CCCn1cccn1)Nc1ccc(NC(=O)c2ccc(F)cc2)cc1C(F)(F)F. The van der Waals surface area contributed by atoms with Crippen LogP contribution in [0.4, 0.5) is 28.9 Å². The summed E-state index contributed by atoms with van der Waals surface area (Å²) >= 11 is 0. The highest BCUT2D eigenvalue weighted by atomic mass is 19.4. The number of aromatic nitrogens is 2. The van der Waals surface area contributed by atoms with Crippen molar-refractivity contribution in [1.82, 2.24) is 9.78 Å². The van der Waals surface area contributed by atoms with Gasteiger partial charge in [-0.25, -0.2) is 4.39 Å². The van der Waals surface area contributed by atoms with Crippen LogP contribution in [-0.2, 0) is 17.5 Å². The van der Waals surface area contributed by atoms with Gasteiger partial charge in [0.1, 0.15) is 5.82 Å². The van der Waals surface area contributed by atoms with Crippen LogP contribution in [0.15, 0.2) is 60.9 Å². The summed E-state index contributed by atoms with van der Waals surface area (Å²) in [6, 6.07) is 9.36. The van der Waals surface area contributed by atoms with Crippen molar-refractivity contribution in [3.8, 4) is 0 Å². The van der Waals surface area contributed by atoms with E-state index in [4.69, 9.17) is 0 Å². The van der Waals surface area contributed by atoms with Gasteiger partial charge in [-0.05, 0) is 55.0 Å². The molecule has 0 unspecified atom stereocenters. The fraction of sp³-hybridized carbons (Fsp3) is 0.190. The zero-order chi connectivity index (χ0) is 22.4. The van der Waals surface area contributed by atoms with Crippen molar-refractivity contribution >= 4 is 23.2 Å². The van der Waals surface area contributed by atoms with Gasteiger partial charge < -0.3 is 10.6 Å². The van der Waals surface area contributed by atoms with Crippen LogP contribution in [0.5, 0.6) is 0 Å². The molecular weight excluding hydrogens is 416 g/mol. The molecular formula is C21H18F4N4O2. The third-order valence-electron chi connectivity index (χ3n) is 4.31. The van der Waals surface area contributed by atoms with Gasteiger partial charge in [-0.2, -0.15) is 18.3 Å². The van der Waals surface area contributed by atoms with Crippen molar-refractivity contribution < 1.29 is 27.2 Å². The Morgan fingerprint density at radius 2 is 1.77 bits per heavy atom. The second kappa shape index (κ2) is 9.41. The topological polar surface area (TPSA) is 76.0 Å². The van der Waals surface area contributed by atoms with Crippen LogP contribution in [0, 0.1) is 5.82 Å². The molecule has 0 saturated heterocycles. The largest absolute Gasteiger partial charge is 0.418 e. The Balaban J connectivity index is 1.68. The number of aryl methyl sites for hydroxylation is 1. The zero-order valence-electron chi connectivity index (χ0n) is 16.1. The first-order valence-corrected chi connectivity index (χ1v) is 9.28. The van der Waals surface area contributed by atoms with Gasteiger partial charge in [0.25, 0.3) is 5.91 Å². The minimum absolute atomic E-state index is 0.0141. The van der Waals surface area contributed by atoms with Crippen molar-refractivity contribution in [3.05, 3.63) is 77.9 Å². The lowest BCUT2D eigenvalue weighted by Crippen LogP contribution is -2.18. The maximum absolute atomic E-state index is 13.5. The van der Waals surface area contributed by atoms with Crippen LogP contribution in [0.1, 0.15) is 28.8 Å². The lowest BCUT2D eigenvalue weighted by atomic mass is 10.1. The van der Waals surface area contributed by atoms with Crippen LogP contribution in [-0.4, -0.2) is 21.6 Å². The molecule has 6 nitrogen and oxygen atoms in total. The molecule has 2 N–H and O–H groups in total. The van der Waals surface area contributed by atoms with Crippen LogP contribution in [0.2, 0.25) is 0 Å². The number of alkyl halides is 3. The molecule has 0 aliphatic heterocycles. The Labute approximate surface area is 174 Å². The molecule has 0 fully saturated rings. The number of anilines is 2. The standard InChI is InChI=1S/C21H18F4N4O2/c22-15-6-4-14(5-7-15)20(31)27-16-8-9-18(17(13-16)21(23,24)25)28-19(30)3-1-11-29-12-2-10-26-29/h2,4-10,12-13H,1,3,11H2,(H,27,31)(H,28,30). The highest BCUT2D eigenvalue weighted by Gasteiger charge is 2.34. The molecule has 0 aliphatic carbocycles. The first-order chi connectivity index (χ1) is 14.7. The summed E-state index contributed by atoms with van der Waals surface area (Å²) in [4.78, 5) is 24.3. The third-order valence-corrected chi connectivity index (χ3v) is 4.31. The molecule has 0 spiro atoms. The van der Waals surface area contributed by atoms with Gasteiger partial charge in [-0.3, -0.25) is 14.3 Å². The number of nitrogens with zero attached hydrogens (tertiary/aromatic N) is 2. The number of amides is 2. The predicted octanol–water partition coefficient (Wildman–Crippen LogP) is 4.71.